The average Bonchev–Trinajstić information content (AvgIpc) is 3.37. The molecule has 30 heavy (non-hydrogen) atoms. The van der Waals surface area contributed by atoms with Crippen molar-refractivity contribution in [2.45, 2.75) is 38.9 Å². The van der Waals surface area contributed by atoms with Gasteiger partial charge in [0, 0.05) is 18.3 Å². The molecule has 0 fully saturated rings. The highest BCUT2D eigenvalue weighted by Crippen LogP contribution is 2.27. The van der Waals surface area contributed by atoms with Gasteiger partial charge in [0.05, 0.1) is 34.7 Å². The number of aliphatic hydroxyl groups excluding tert-OH is 1. The summed E-state index contributed by atoms with van der Waals surface area (Å²) in [6.07, 6.45) is 3.03. The molecular weight excluding hydrogens is 400 g/mol. The number of fused-ring (bicyclic) bond motifs is 1. The number of hydrogen-bond donors (Lipinski definition) is 2. The first-order valence-electron chi connectivity index (χ1n) is 9.85. The van der Waals surface area contributed by atoms with E-state index >= 15 is 0 Å². The minimum absolute atomic E-state index is 0.0424. The Morgan fingerprint density at radius 2 is 1.97 bits per heavy atom. The van der Waals surface area contributed by atoms with Crippen molar-refractivity contribution >= 4 is 21.6 Å². The first-order chi connectivity index (χ1) is 14.4. The van der Waals surface area contributed by atoms with Crippen LogP contribution in [-0.2, 0) is 4.74 Å². The molecule has 0 saturated heterocycles. The maximum Gasteiger partial charge on any atom is 0.305 e. The average molecular weight is 425 g/mol. The smallest absolute Gasteiger partial charge is 0.305 e. The minimum atomic E-state index is -0.495. The molecular formula is C22H24N4O3S. The predicted molar refractivity (Wildman–Crippen MR) is 117 cm³/mol. The third-order valence-electron chi connectivity index (χ3n) is 5.06. The van der Waals surface area contributed by atoms with Crippen molar-refractivity contribution in [1.82, 2.24) is 19.7 Å². The Morgan fingerprint density at radius 3 is 2.70 bits per heavy atom. The predicted octanol–water partition coefficient (Wildman–Crippen LogP) is 3.78. The molecule has 3 aromatic heterocycles. The van der Waals surface area contributed by atoms with Gasteiger partial charge >= 0.3 is 4.87 Å². The molecule has 0 amide bonds. The molecule has 0 aliphatic heterocycles. The van der Waals surface area contributed by atoms with E-state index in [1.54, 1.807) is 17.8 Å². The van der Waals surface area contributed by atoms with E-state index in [9.17, 15) is 9.90 Å². The molecule has 1 aromatic carbocycles. The Hall–Kier alpha value is -2.81. The van der Waals surface area contributed by atoms with Crippen LogP contribution < -0.4 is 4.87 Å². The number of ether oxygens (including phenoxy) is 1. The third-order valence-corrected chi connectivity index (χ3v) is 5.91. The van der Waals surface area contributed by atoms with E-state index in [-0.39, 0.29) is 23.5 Å². The molecule has 156 valence electrons. The van der Waals surface area contributed by atoms with Gasteiger partial charge in [-0.05, 0) is 49.2 Å². The van der Waals surface area contributed by atoms with Crippen molar-refractivity contribution in [3.05, 3.63) is 75.3 Å². The maximum absolute atomic E-state index is 11.6. The van der Waals surface area contributed by atoms with Gasteiger partial charge in [0.25, 0.3) is 0 Å². The van der Waals surface area contributed by atoms with E-state index in [0.717, 1.165) is 32.9 Å². The number of aliphatic hydroxyl groups is 1. The van der Waals surface area contributed by atoms with E-state index < -0.39 is 6.10 Å². The highest BCUT2D eigenvalue weighted by molar-refractivity contribution is 7.16. The zero-order chi connectivity index (χ0) is 21.3. The minimum Gasteiger partial charge on any atom is -0.391 e. The zero-order valence-electron chi connectivity index (χ0n) is 17.1. The van der Waals surface area contributed by atoms with Crippen molar-refractivity contribution in [3.8, 4) is 5.82 Å². The molecule has 4 aromatic rings. The number of benzene rings is 1. The summed E-state index contributed by atoms with van der Waals surface area (Å²) in [6, 6.07) is 11.9. The summed E-state index contributed by atoms with van der Waals surface area (Å²) in [4.78, 5) is 18.8. The fourth-order valence-corrected chi connectivity index (χ4v) is 4.04. The zero-order valence-corrected chi connectivity index (χ0v) is 17.9. The van der Waals surface area contributed by atoms with E-state index in [1.807, 2.05) is 49.5 Å². The molecule has 2 N–H and O–H groups in total. The lowest BCUT2D eigenvalue weighted by Gasteiger charge is -2.14. The van der Waals surface area contributed by atoms with Crippen LogP contribution in [0.2, 0.25) is 0 Å². The van der Waals surface area contributed by atoms with Gasteiger partial charge in [-0.1, -0.05) is 30.4 Å². The molecule has 7 nitrogen and oxygen atoms in total. The highest BCUT2D eigenvalue weighted by atomic mass is 32.1. The number of rotatable bonds is 7. The molecule has 8 heteroatoms. The van der Waals surface area contributed by atoms with E-state index in [1.165, 1.54) is 11.3 Å². The largest absolute Gasteiger partial charge is 0.391 e. The van der Waals surface area contributed by atoms with Crippen molar-refractivity contribution in [2.75, 3.05) is 6.61 Å². The third kappa shape index (κ3) is 4.35. The van der Waals surface area contributed by atoms with Crippen molar-refractivity contribution in [2.24, 2.45) is 0 Å². The van der Waals surface area contributed by atoms with Crippen LogP contribution in [0.15, 0.2) is 53.6 Å². The number of aromatic nitrogens is 4. The fraction of sp³-hybridized carbons (Fsp3) is 0.318. The van der Waals surface area contributed by atoms with Gasteiger partial charge in [-0.2, -0.15) is 5.10 Å². The summed E-state index contributed by atoms with van der Waals surface area (Å²) >= 11 is 1.22. The normalized spacial score (nSPS) is 14.7. The summed E-state index contributed by atoms with van der Waals surface area (Å²) < 4.78 is 8.32. The summed E-state index contributed by atoms with van der Waals surface area (Å²) in [5, 5.41) is 14.1. The summed E-state index contributed by atoms with van der Waals surface area (Å²) in [5.41, 5.74) is 3.84. The number of aromatic amines is 1. The van der Waals surface area contributed by atoms with Gasteiger partial charge in [-0.25, -0.2) is 9.67 Å². The Bertz CT molecular complexity index is 1190. The van der Waals surface area contributed by atoms with Crippen LogP contribution in [0, 0.1) is 0 Å². The Labute approximate surface area is 178 Å². The standard InChI is InChI=1S/C22H24N4O3S/c1-13(27)12-29-15(3)17-5-7-21(23-11-17)26-9-8-18(25-26)14(2)16-4-6-19-20(10-16)30-22(28)24-19/h4-11,13-15,27H,12H2,1-3H3,(H,24,28). The van der Waals surface area contributed by atoms with Gasteiger partial charge in [0.1, 0.15) is 0 Å². The van der Waals surface area contributed by atoms with Crippen LogP contribution in [0.1, 0.15) is 49.6 Å². The monoisotopic (exact) mass is 424 g/mol. The van der Waals surface area contributed by atoms with Crippen LogP contribution in [0.5, 0.6) is 0 Å². The first-order valence-corrected chi connectivity index (χ1v) is 10.7. The molecule has 0 aliphatic carbocycles. The number of thiazole rings is 1. The lowest BCUT2D eigenvalue weighted by molar-refractivity contribution is 0.00436. The van der Waals surface area contributed by atoms with E-state index in [0.29, 0.717) is 0 Å². The highest BCUT2D eigenvalue weighted by Gasteiger charge is 2.14. The van der Waals surface area contributed by atoms with Gasteiger partial charge in [0.15, 0.2) is 5.82 Å². The molecule has 3 atom stereocenters. The van der Waals surface area contributed by atoms with Crippen LogP contribution >= 0.6 is 11.3 Å². The molecule has 0 radical (unpaired) electrons. The summed E-state index contributed by atoms with van der Waals surface area (Å²) in [7, 11) is 0. The second kappa shape index (κ2) is 8.51. The van der Waals surface area contributed by atoms with Gasteiger partial charge < -0.3 is 14.8 Å². The molecule has 0 bridgehead atoms. The number of pyridine rings is 1. The molecule has 0 aliphatic rings. The van der Waals surface area contributed by atoms with E-state index in [2.05, 4.69) is 16.9 Å². The van der Waals surface area contributed by atoms with Gasteiger partial charge in [0.2, 0.25) is 0 Å². The van der Waals surface area contributed by atoms with Crippen LogP contribution in [-0.4, -0.2) is 37.6 Å². The Morgan fingerprint density at radius 1 is 1.17 bits per heavy atom. The van der Waals surface area contributed by atoms with E-state index in [4.69, 9.17) is 9.84 Å². The number of hydrogen-bond acceptors (Lipinski definition) is 6. The summed E-state index contributed by atoms with van der Waals surface area (Å²) in [6.45, 7) is 6.02. The number of nitrogens with zero attached hydrogens (tertiary/aromatic N) is 3. The first kappa shape index (κ1) is 20.5. The van der Waals surface area contributed by atoms with Crippen LogP contribution in [0.25, 0.3) is 16.0 Å². The lowest BCUT2D eigenvalue weighted by Crippen LogP contribution is -2.13. The Balaban J connectivity index is 1.50. The quantitative estimate of drug-likeness (QED) is 0.471. The lowest BCUT2D eigenvalue weighted by atomic mass is 9.98. The molecule has 0 saturated carbocycles. The molecule has 0 spiro atoms. The van der Waals surface area contributed by atoms with Crippen LogP contribution in [0.3, 0.4) is 0 Å². The van der Waals surface area contributed by atoms with Crippen molar-refractivity contribution in [1.29, 1.82) is 0 Å². The second-order valence-electron chi connectivity index (χ2n) is 7.45. The molecule has 3 unspecified atom stereocenters. The molecule has 3 heterocycles. The second-order valence-corrected chi connectivity index (χ2v) is 8.47. The Kier molecular flexibility index (Phi) is 5.80. The van der Waals surface area contributed by atoms with Gasteiger partial charge in [-0.15, -0.1) is 0 Å². The number of nitrogens with one attached hydrogen (secondary N) is 1. The fourth-order valence-electron chi connectivity index (χ4n) is 3.25. The van der Waals surface area contributed by atoms with Gasteiger partial charge in [-0.3, -0.25) is 4.79 Å². The topological polar surface area (TPSA) is 93.0 Å². The summed E-state index contributed by atoms with van der Waals surface area (Å²) in [5.74, 6) is 0.806. The van der Waals surface area contributed by atoms with Crippen LogP contribution in [0.4, 0.5) is 0 Å². The SMILES string of the molecule is CC(O)COC(C)c1ccc(-n2ccc(C(C)c3ccc4[nH]c(=O)sc4c3)n2)nc1. The number of H-pyrrole nitrogens is 1. The molecule has 4 rings (SSSR count). The maximum atomic E-state index is 11.6. The van der Waals surface area contributed by atoms with Crippen molar-refractivity contribution in [3.63, 3.8) is 0 Å². The van der Waals surface area contributed by atoms with Crippen molar-refractivity contribution < 1.29 is 9.84 Å².